The Balaban J connectivity index is 0.000000203. The van der Waals surface area contributed by atoms with E-state index in [1.807, 2.05) is 18.2 Å². The van der Waals surface area contributed by atoms with Crippen LogP contribution in [0, 0.1) is 0 Å². The number of halogens is 7. The first-order valence-corrected chi connectivity index (χ1v) is 24.4. The van der Waals surface area contributed by atoms with Crippen molar-refractivity contribution >= 4 is 100 Å². The van der Waals surface area contributed by atoms with Crippen LogP contribution in [0.1, 0.15) is 0 Å². The quantitative estimate of drug-likeness (QED) is 0.348. The summed E-state index contributed by atoms with van der Waals surface area (Å²) in [5.41, 5.74) is 6.50. The van der Waals surface area contributed by atoms with Crippen molar-refractivity contribution in [1.82, 2.24) is 4.98 Å². The number of nitrogens with zero attached hydrogens (tertiary/aromatic N) is 1. The summed E-state index contributed by atoms with van der Waals surface area (Å²) in [6.45, 7) is -5.38. The first kappa shape index (κ1) is 17.8. The summed E-state index contributed by atoms with van der Waals surface area (Å²) in [7, 11) is 30.4. The Hall–Kier alpha value is 1.77. The third-order valence-corrected chi connectivity index (χ3v) is 2.71. The van der Waals surface area contributed by atoms with Gasteiger partial charge in [-0.2, -0.15) is 0 Å². The van der Waals surface area contributed by atoms with Gasteiger partial charge in [0.1, 0.15) is 0 Å². The molecule has 0 saturated carbocycles. The van der Waals surface area contributed by atoms with Gasteiger partial charge in [0, 0.05) is 4.47 Å². The molecule has 2 nitrogen and oxygen atoms in total. The standard InChI is InChI=1S/C7H5BrN2S.6ClH.Os/c8-4-1-2-5-6(3-4)11-7(9)10-5;;;;;;;/h1-3H,(H2,9,10);6*1H;/q;;;;;;;+6/p-6. The molecule has 0 saturated heterocycles. The van der Waals surface area contributed by atoms with Crippen LogP contribution >= 0.6 is 85.1 Å². The van der Waals surface area contributed by atoms with E-state index in [9.17, 15) is 0 Å². The van der Waals surface area contributed by atoms with E-state index in [1.165, 1.54) is 11.3 Å². The Morgan fingerprint density at radius 2 is 1.61 bits per heavy atom. The van der Waals surface area contributed by atoms with E-state index in [4.69, 9.17) is 63.6 Å². The summed E-state index contributed by atoms with van der Waals surface area (Å²) < 4.78 is 2.19. The Morgan fingerprint density at radius 1 is 1.11 bits per heavy atom. The number of nitrogens with two attached hydrogens (primary N) is 1. The van der Waals surface area contributed by atoms with Gasteiger partial charge < -0.3 is 5.73 Å². The predicted molar refractivity (Wildman–Crippen MR) is 86.9 cm³/mol. The topological polar surface area (TPSA) is 38.9 Å². The van der Waals surface area contributed by atoms with Crippen LogP contribution in [0.4, 0.5) is 5.13 Å². The van der Waals surface area contributed by atoms with Crippen LogP contribution in [0.5, 0.6) is 0 Å². The molecule has 0 radical (unpaired) electrons. The van der Waals surface area contributed by atoms with Gasteiger partial charge in [0.25, 0.3) is 0 Å². The normalized spacial score (nSPS) is 15.5. The molecular formula is C7H5BrCl6N2OsS. The van der Waals surface area contributed by atoms with Crippen LogP contribution in [-0.4, -0.2) is 4.98 Å². The van der Waals surface area contributed by atoms with Crippen molar-refractivity contribution in [3.8, 4) is 0 Å². The SMILES string of the molecule is Nc1nc2ccc(Br)cc2s1.[Cl][Os]([Cl])([Cl])([Cl])([Cl])[Cl]. The first-order valence-electron chi connectivity index (χ1n) is 3.87. The minimum atomic E-state index is -5.38. The van der Waals surface area contributed by atoms with E-state index < -0.39 is 6.64 Å². The van der Waals surface area contributed by atoms with Crippen LogP contribution in [0.2, 0.25) is 0 Å². The van der Waals surface area contributed by atoms with Crippen molar-refractivity contribution in [2.24, 2.45) is 0 Å². The van der Waals surface area contributed by atoms with Gasteiger partial charge in [-0.25, -0.2) is 4.98 Å². The summed E-state index contributed by atoms with van der Waals surface area (Å²) in [4.78, 5) is 4.13. The Kier molecular flexibility index (Phi) is 5.14. The molecule has 0 amide bonds. The average Bonchev–Trinajstić information content (AvgIpc) is 2.37. The first-order chi connectivity index (χ1) is 7.70. The van der Waals surface area contributed by atoms with E-state index in [1.54, 1.807) is 0 Å². The van der Waals surface area contributed by atoms with E-state index >= 15 is 0 Å². The number of aromatic nitrogens is 1. The summed E-state index contributed by atoms with van der Waals surface area (Å²) in [6.07, 6.45) is 0. The Labute approximate surface area is 139 Å². The zero-order chi connectivity index (χ0) is 14.3. The number of benzene rings is 1. The van der Waals surface area contributed by atoms with Crippen LogP contribution in [0.25, 0.3) is 10.2 Å². The van der Waals surface area contributed by atoms with Gasteiger partial charge in [0.15, 0.2) is 5.13 Å². The van der Waals surface area contributed by atoms with Crippen molar-refractivity contribution < 1.29 is 6.64 Å². The molecule has 0 aliphatic heterocycles. The molecule has 1 heterocycles. The molecule has 0 bridgehead atoms. The van der Waals surface area contributed by atoms with Gasteiger partial charge >= 0.3 is 64.5 Å². The summed E-state index contributed by atoms with van der Waals surface area (Å²) in [6, 6.07) is 5.93. The van der Waals surface area contributed by atoms with Crippen molar-refractivity contribution in [2.45, 2.75) is 0 Å². The number of hydrogen-bond donors (Lipinski definition) is 1. The van der Waals surface area contributed by atoms with E-state index in [0.29, 0.717) is 5.13 Å². The molecule has 106 valence electrons. The van der Waals surface area contributed by atoms with Crippen LogP contribution in [-0.2, 0) is 6.64 Å². The molecule has 0 atom stereocenters. The van der Waals surface area contributed by atoms with Crippen molar-refractivity contribution in [3.05, 3.63) is 22.7 Å². The molecule has 11 heteroatoms. The van der Waals surface area contributed by atoms with Crippen LogP contribution < -0.4 is 5.73 Å². The van der Waals surface area contributed by atoms with Gasteiger partial charge in [0.2, 0.25) is 0 Å². The van der Waals surface area contributed by atoms with E-state index in [0.717, 1.165) is 14.7 Å². The second-order valence-corrected chi connectivity index (χ2v) is 60.0. The molecule has 0 spiro atoms. The summed E-state index contributed by atoms with van der Waals surface area (Å²) in [5, 5.41) is 0.623. The molecule has 0 aliphatic carbocycles. The molecule has 0 fully saturated rings. The van der Waals surface area contributed by atoms with Crippen molar-refractivity contribution in [3.63, 3.8) is 0 Å². The molecule has 18 heavy (non-hydrogen) atoms. The molecular weight excluding hydrogens is 627 g/mol. The van der Waals surface area contributed by atoms with Crippen molar-refractivity contribution in [2.75, 3.05) is 5.73 Å². The average molecular weight is 632 g/mol. The van der Waals surface area contributed by atoms with Crippen LogP contribution in [0.3, 0.4) is 0 Å². The third kappa shape index (κ3) is 9.64. The van der Waals surface area contributed by atoms with E-state index in [-0.39, 0.29) is 0 Å². The molecule has 0 aliphatic rings. The molecule has 1 aromatic heterocycles. The maximum atomic E-state index is 5.53. The number of rotatable bonds is 0. The minimum absolute atomic E-state index is 0.623. The predicted octanol–water partition coefficient (Wildman–Crippen LogP) is 6.78. The number of thiazole rings is 1. The number of nitrogen functional groups attached to an aromatic ring is 1. The van der Waals surface area contributed by atoms with Crippen molar-refractivity contribution in [1.29, 1.82) is 0 Å². The van der Waals surface area contributed by atoms with Gasteiger partial charge in [-0.05, 0) is 18.2 Å². The third-order valence-electron chi connectivity index (χ3n) is 1.37. The monoisotopic (exact) mass is 630 g/mol. The Morgan fingerprint density at radius 3 is 2.11 bits per heavy atom. The summed E-state index contributed by atoms with van der Waals surface area (Å²) in [5.74, 6) is 0. The number of fused-ring (bicyclic) bond motifs is 1. The van der Waals surface area contributed by atoms with Gasteiger partial charge in [-0.15, -0.1) is 0 Å². The Bertz CT molecular complexity index is 568. The molecule has 2 N–H and O–H groups in total. The molecule has 2 aromatic rings. The molecule has 2 rings (SSSR count). The number of anilines is 1. The molecule has 0 unspecified atom stereocenters. The second-order valence-electron chi connectivity index (χ2n) is 2.92. The fraction of sp³-hybridized carbons (Fsp3) is 0. The fourth-order valence-electron chi connectivity index (χ4n) is 0.916. The maximum absolute atomic E-state index is 5.53. The molecule has 1 aromatic carbocycles. The zero-order valence-corrected chi connectivity index (χ0v) is 17.6. The van der Waals surface area contributed by atoms with E-state index in [2.05, 4.69) is 20.9 Å². The van der Waals surface area contributed by atoms with Crippen LogP contribution in [0.15, 0.2) is 22.7 Å². The van der Waals surface area contributed by atoms with Gasteiger partial charge in [0.05, 0.1) is 10.2 Å². The second kappa shape index (κ2) is 5.20. The van der Waals surface area contributed by atoms with Gasteiger partial charge in [-0.3, -0.25) is 0 Å². The summed E-state index contributed by atoms with van der Waals surface area (Å²) >= 11 is 4.88. The fourth-order valence-corrected chi connectivity index (χ4v) is 2.20. The zero-order valence-electron chi connectivity index (χ0n) is 8.16. The van der Waals surface area contributed by atoms with Gasteiger partial charge in [-0.1, -0.05) is 27.3 Å². The number of hydrogen-bond acceptors (Lipinski definition) is 3.